The molecular weight excluding hydrogens is 439 g/mol. The van der Waals surface area contributed by atoms with E-state index in [9.17, 15) is 5.11 Å². The standard InChI is InChI=1S/C21H21N2O2.HI/c1-22-15-23(21-9-5-4-8-20(21)22)13-18(24)14-25-19-11-10-16-6-2-3-7-17(16)12-19;/h2-12,15,18,24H,13-14H2,1H3;1H/q+1;/p-1. The lowest BCUT2D eigenvalue weighted by Crippen LogP contribution is -3.00. The van der Waals surface area contributed by atoms with Crippen LogP contribution in [0.25, 0.3) is 21.8 Å². The minimum atomic E-state index is -0.581. The molecule has 1 unspecified atom stereocenters. The quantitative estimate of drug-likeness (QED) is 0.338. The van der Waals surface area contributed by atoms with Gasteiger partial charge in [-0.25, -0.2) is 9.13 Å². The van der Waals surface area contributed by atoms with E-state index in [0.29, 0.717) is 6.54 Å². The van der Waals surface area contributed by atoms with Crippen LogP contribution in [-0.4, -0.2) is 22.4 Å². The molecule has 4 nitrogen and oxygen atoms in total. The van der Waals surface area contributed by atoms with Crippen molar-refractivity contribution in [2.24, 2.45) is 7.05 Å². The average Bonchev–Trinajstić information content (AvgIpc) is 2.96. The van der Waals surface area contributed by atoms with Crippen molar-refractivity contribution in [3.63, 3.8) is 0 Å². The highest BCUT2D eigenvalue weighted by Gasteiger charge is 2.16. The lowest BCUT2D eigenvalue weighted by atomic mass is 10.1. The van der Waals surface area contributed by atoms with E-state index in [1.807, 2.05) is 55.8 Å². The third-order valence-corrected chi connectivity index (χ3v) is 4.45. The molecule has 0 aliphatic rings. The van der Waals surface area contributed by atoms with Crippen LogP contribution in [0.2, 0.25) is 0 Å². The van der Waals surface area contributed by atoms with Gasteiger partial charge in [-0.2, -0.15) is 0 Å². The van der Waals surface area contributed by atoms with Crippen LogP contribution in [0.3, 0.4) is 0 Å². The number of ether oxygens (including phenoxy) is 1. The third-order valence-electron chi connectivity index (χ3n) is 4.45. The minimum absolute atomic E-state index is 0. The summed E-state index contributed by atoms with van der Waals surface area (Å²) in [5.74, 6) is 0.778. The highest BCUT2D eigenvalue weighted by molar-refractivity contribution is 5.83. The SMILES string of the molecule is C[n+]1cn(CC(O)COc2ccc3ccccc3c2)c2ccccc21.[I-]. The molecule has 0 spiro atoms. The fraction of sp³-hybridized carbons (Fsp3) is 0.190. The summed E-state index contributed by atoms with van der Waals surface area (Å²) >= 11 is 0. The molecular formula is C21H21IN2O2. The molecule has 3 aromatic carbocycles. The van der Waals surface area contributed by atoms with Crippen molar-refractivity contribution in [1.82, 2.24) is 4.57 Å². The van der Waals surface area contributed by atoms with Gasteiger partial charge in [0.05, 0.1) is 7.05 Å². The monoisotopic (exact) mass is 460 g/mol. The molecule has 0 saturated heterocycles. The Kier molecular flexibility index (Phi) is 5.78. The van der Waals surface area contributed by atoms with Crippen molar-refractivity contribution in [1.29, 1.82) is 0 Å². The molecule has 4 aromatic rings. The minimum Gasteiger partial charge on any atom is -1.00 e. The molecule has 5 heteroatoms. The number of aliphatic hydroxyl groups is 1. The van der Waals surface area contributed by atoms with Crippen molar-refractivity contribution >= 4 is 21.8 Å². The summed E-state index contributed by atoms with van der Waals surface area (Å²) in [4.78, 5) is 0. The number of fused-ring (bicyclic) bond motifs is 2. The number of rotatable bonds is 5. The molecule has 0 amide bonds. The van der Waals surface area contributed by atoms with Crippen LogP contribution >= 0.6 is 0 Å². The Hall–Kier alpha value is -2.12. The second-order valence-corrected chi connectivity index (χ2v) is 6.34. The van der Waals surface area contributed by atoms with Gasteiger partial charge in [-0.15, -0.1) is 0 Å². The van der Waals surface area contributed by atoms with Crippen molar-refractivity contribution in [2.45, 2.75) is 12.6 Å². The van der Waals surface area contributed by atoms with Gasteiger partial charge in [0, 0.05) is 0 Å². The van der Waals surface area contributed by atoms with E-state index < -0.39 is 6.10 Å². The maximum Gasteiger partial charge on any atom is 0.244 e. The molecule has 4 rings (SSSR count). The lowest BCUT2D eigenvalue weighted by Gasteiger charge is -2.11. The first-order valence-corrected chi connectivity index (χ1v) is 8.44. The van der Waals surface area contributed by atoms with Crippen molar-refractivity contribution in [3.8, 4) is 5.75 Å². The lowest BCUT2D eigenvalue weighted by molar-refractivity contribution is -0.645. The fourth-order valence-electron chi connectivity index (χ4n) is 3.21. The average molecular weight is 460 g/mol. The second-order valence-electron chi connectivity index (χ2n) is 6.34. The first-order chi connectivity index (χ1) is 12.2. The zero-order chi connectivity index (χ0) is 17.2. The molecule has 0 saturated carbocycles. The molecule has 26 heavy (non-hydrogen) atoms. The summed E-state index contributed by atoms with van der Waals surface area (Å²) in [7, 11) is 2.01. The number of imidazole rings is 1. The predicted octanol–water partition coefficient (Wildman–Crippen LogP) is 0.0629. The Balaban J connectivity index is 0.00000196. The van der Waals surface area contributed by atoms with Crippen LogP contribution in [0.15, 0.2) is 73.1 Å². The first kappa shape index (κ1) is 18.7. The highest BCUT2D eigenvalue weighted by Crippen LogP contribution is 2.20. The van der Waals surface area contributed by atoms with Gasteiger partial charge in [-0.05, 0) is 35.0 Å². The van der Waals surface area contributed by atoms with E-state index in [2.05, 4.69) is 33.4 Å². The topological polar surface area (TPSA) is 38.3 Å². The molecule has 0 aliphatic carbocycles. The van der Waals surface area contributed by atoms with Crippen molar-refractivity contribution < 1.29 is 38.4 Å². The van der Waals surface area contributed by atoms with Gasteiger partial charge in [0.15, 0.2) is 11.0 Å². The van der Waals surface area contributed by atoms with Gasteiger partial charge in [0.1, 0.15) is 25.0 Å². The Morgan fingerprint density at radius 3 is 2.58 bits per heavy atom. The van der Waals surface area contributed by atoms with E-state index in [4.69, 9.17) is 4.74 Å². The van der Waals surface area contributed by atoms with Gasteiger partial charge >= 0.3 is 0 Å². The third kappa shape index (κ3) is 3.83. The first-order valence-electron chi connectivity index (χ1n) is 8.44. The van der Waals surface area contributed by atoms with Crippen LogP contribution in [-0.2, 0) is 13.6 Å². The molecule has 1 N–H and O–H groups in total. The Bertz CT molecular complexity index is 1030. The number of para-hydroxylation sites is 2. The Morgan fingerprint density at radius 2 is 1.73 bits per heavy atom. The largest absolute Gasteiger partial charge is 1.00 e. The maximum absolute atomic E-state index is 10.4. The van der Waals surface area contributed by atoms with Gasteiger partial charge in [-0.1, -0.05) is 42.5 Å². The zero-order valence-electron chi connectivity index (χ0n) is 14.5. The van der Waals surface area contributed by atoms with E-state index >= 15 is 0 Å². The molecule has 0 radical (unpaired) electrons. The number of aliphatic hydroxyl groups excluding tert-OH is 1. The maximum atomic E-state index is 10.4. The van der Waals surface area contributed by atoms with Crippen molar-refractivity contribution in [3.05, 3.63) is 73.1 Å². The van der Waals surface area contributed by atoms with E-state index in [1.165, 1.54) is 5.39 Å². The van der Waals surface area contributed by atoms with Crippen LogP contribution in [0.5, 0.6) is 5.75 Å². The fourth-order valence-corrected chi connectivity index (χ4v) is 3.21. The number of benzene rings is 3. The molecule has 0 aliphatic heterocycles. The molecule has 1 atom stereocenters. The van der Waals surface area contributed by atoms with Gasteiger partial charge in [-0.3, -0.25) is 0 Å². The number of halogens is 1. The summed E-state index contributed by atoms with van der Waals surface area (Å²) < 4.78 is 9.92. The number of aromatic nitrogens is 2. The van der Waals surface area contributed by atoms with Gasteiger partial charge in [0.25, 0.3) is 0 Å². The van der Waals surface area contributed by atoms with E-state index in [1.54, 1.807) is 0 Å². The summed E-state index contributed by atoms with van der Waals surface area (Å²) in [5.41, 5.74) is 2.25. The van der Waals surface area contributed by atoms with E-state index in [0.717, 1.165) is 22.2 Å². The van der Waals surface area contributed by atoms with Crippen LogP contribution < -0.4 is 33.3 Å². The Labute approximate surface area is 169 Å². The van der Waals surface area contributed by atoms with Crippen LogP contribution in [0.1, 0.15) is 0 Å². The summed E-state index contributed by atoms with van der Waals surface area (Å²) in [5, 5.41) is 12.7. The number of hydrogen-bond donors (Lipinski definition) is 1. The van der Waals surface area contributed by atoms with Crippen molar-refractivity contribution in [2.75, 3.05) is 6.61 Å². The molecule has 1 heterocycles. The molecule has 0 fully saturated rings. The van der Waals surface area contributed by atoms with Gasteiger partial charge < -0.3 is 33.8 Å². The highest BCUT2D eigenvalue weighted by atomic mass is 127. The second kappa shape index (κ2) is 8.05. The number of nitrogens with zero attached hydrogens (tertiary/aromatic N) is 2. The van der Waals surface area contributed by atoms with Gasteiger partial charge in [0.2, 0.25) is 6.33 Å². The van der Waals surface area contributed by atoms with Crippen LogP contribution in [0, 0.1) is 0 Å². The smallest absolute Gasteiger partial charge is 0.244 e. The summed E-state index contributed by atoms with van der Waals surface area (Å²) in [6.45, 7) is 0.753. The Morgan fingerprint density at radius 1 is 1.00 bits per heavy atom. The predicted molar refractivity (Wildman–Crippen MR) is 98.6 cm³/mol. The zero-order valence-corrected chi connectivity index (χ0v) is 16.7. The van der Waals surface area contributed by atoms with Crippen LogP contribution in [0.4, 0.5) is 0 Å². The number of aryl methyl sites for hydroxylation is 1. The molecule has 0 bridgehead atoms. The molecule has 134 valence electrons. The number of hydrogen-bond acceptors (Lipinski definition) is 2. The van der Waals surface area contributed by atoms with E-state index in [-0.39, 0.29) is 30.6 Å². The summed E-state index contributed by atoms with van der Waals surface area (Å²) in [6, 6.07) is 22.3. The summed E-state index contributed by atoms with van der Waals surface area (Å²) in [6.07, 6.45) is 1.42. The molecule has 1 aromatic heterocycles. The normalized spacial score (nSPS) is 12.1.